The van der Waals surface area contributed by atoms with Crippen LogP contribution in [0, 0.1) is 10.1 Å². The lowest BCUT2D eigenvalue weighted by molar-refractivity contribution is -0.384. The molecule has 22 heavy (non-hydrogen) atoms. The minimum Gasteiger partial charge on any atom is -0.410 e. The molecule has 0 saturated carbocycles. The number of non-ortho nitro benzene ring substituents is 1. The Kier molecular flexibility index (Phi) is 4.94. The van der Waals surface area contributed by atoms with E-state index < -0.39 is 11.0 Å². The average molecular weight is 387 g/mol. The maximum Gasteiger partial charge on any atom is 0.420 e. The van der Waals surface area contributed by atoms with Gasteiger partial charge in [0.15, 0.2) is 5.82 Å². The van der Waals surface area contributed by atoms with Gasteiger partial charge < -0.3 is 4.74 Å². The van der Waals surface area contributed by atoms with Crippen molar-refractivity contribution in [3.63, 3.8) is 0 Å². The van der Waals surface area contributed by atoms with Crippen molar-refractivity contribution in [3.05, 3.63) is 56.1 Å². The van der Waals surface area contributed by atoms with E-state index in [4.69, 9.17) is 16.3 Å². The van der Waals surface area contributed by atoms with Crippen LogP contribution in [0.15, 0.2) is 41.0 Å². The molecule has 0 saturated heterocycles. The quantitative estimate of drug-likeness (QED) is 0.587. The highest BCUT2D eigenvalue weighted by atomic mass is 79.9. The molecule has 0 fully saturated rings. The highest BCUT2D eigenvalue weighted by Gasteiger charge is 2.18. The van der Waals surface area contributed by atoms with Gasteiger partial charge in [-0.1, -0.05) is 11.6 Å². The summed E-state index contributed by atoms with van der Waals surface area (Å²) in [7, 11) is 1.48. The normalized spacial score (nSPS) is 10.1. The second-order valence-electron chi connectivity index (χ2n) is 4.14. The van der Waals surface area contributed by atoms with Gasteiger partial charge in [0, 0.05) is 25.4 Å². The third kappa shape index (κ3) is 3.71. The number of carbonyl (C=O) groups excluding carboxylic acids is 1. The van der Waals surface area contributed by atoms with Gasteiger partial charge in [-0.3, -0.25) is 15.0 Å². The first-order chi connectivity index (χ1) is 10.4. The molecule has 0 aliphatic heterocycles. The third-order valence-corrected chi connectivity index (χ3v) is 3.42. The number of aromatic nitrogens is 1. The lowest BCUT2D eigenvalue weighted by Gasteiger charge is -2.17. The van der Waals surface area contributed by atoms with Crippen molar-refractivity contribution >= 4 is 45.1 Å². The van der Waals surface area contributed by atoms with Gasteiger partial charge in [-0.25, -0.2) is 9.78 Å². The predicted octanol–water partition coefficient (Wildman–Crippen LogP) is 4.04. The van der Waals surface area contributed by atoms with Crippen molar-refractivity contribution in [1.82, 2.24) is 4.98 Å². The van der Waals surface area contributed by atoms with Crippen LogP contribution < -0.4 is 9.64 Å². The lowest BCUT2D eigenvalue weighted by Crippen LogP contribution is -2.30. The maximum absolute atomic E-state index is 12.0. The summed E-state index contributed by atoms with van der Waals surface area (Å²) in [5.41, 5.74) is -0.0877. The average Bonchev–Trinajstić information content (AvgIpc) is 2.47. The van der Waals surface area contributed by atoms with Crippen LogP contribution in [0.25, 0.3) is 0 Å². The van der Waals surface area contributed by atoms with E-state index in [1.165, 1.54) is 42.4 Å². The van der Waals surface area contributed by atoms with E-state index in [0.717, 1.165) is 0 Å². The number of nitro groups is 1. The molecule has 0 unspecified atom stereocenters. The maximum atomic E-state index is 12.0. The number of hydrogen-bond donors (Lipinski definition) is 0. The van der Waals surface area contributed by atoms with E-state index in [1.54, 1.807) is 6.07 Å². The Balaban J connectivity index is 2.12. The lowest BCUT2D eigenvalue weighted by atomic mass is 10.3. The number of carbonyl (C=O) groups is 1. The number of halogens is 2. The second kappa shape index (κ2) is 6.71. The molecular weight excluding hydrogens is 378 g/mol. The third-order valence-electron chi connectivity index (χ3n) is 2.63. The van der Waals surface area contributed by atoms with Gasteiger partial charge in [0.2, 0.25) is 0 Å². The van der Waals surface area contributed by atoms with E-state index in [2.05, 4.69) is 20.9 Å². The smallest absolute Gasteiger partial charge is 0.410 e. The Bertz CT molecular complexity index is 724. The molecule has 2 rings (SSSR count). The van der Waals surface area contributed by atoms with Crippen molar-refractivity contribution in [2.75, 3.05) is 11.9 Å². The molecular formula is C13H9BrClN3O4. The van der Waals surface area contributed by atoms with Gasteiger partial charge in [-0.15, -0.1) is 0 Å². The van der Waals surface area contributed by atoms with Gasteiger partial charge in [-0.05, 0) is 34.1 Å². The van der Waals surface area contributed by atoms with Crippen LogP contribution >= 0.6 is 27.5 Å². The molecule has 0 spiro atoms. The molecule has 2 aromatic rings. The molecule has 1 aromatic carbocycles. The zero-order valence-corrected chi connectivity index (χ0v) is 13.5. The number of benzene rings is 1. The first kappa shape index (κ1) is 16.2. The van der Waals surface area contributed by atoms with Gasteiger partial charge >= 0.3 is 6.09 Å². The van der Waals surface area contributed by atoms with Gasteiger partial charge in [0.05, 0.1) is 14.4 Å². The number of anilines is 1. The van der Waals surface area contributed by atoms with Crippen LogP contribution in [0.5, 0.6) is 5.75 Å². The SMILES string of the molecule is CN(C(=O)Oc1ccc([N+](=O)[O-])cc1)c1ncc(Cl)cc1Br. The summed E-state index contributed by atoms with van der Waals surface area (Å²) in [6, 6.07) is 6.78. The Hall–Kier alpha value is -2.19. The number of rotatable bonds is 3. The van der Waals surface area contributed by atoms with Crippen molar-refractivity contribution < 1.29 is 14.5 Å². The first-order valence-corrected chi connectivity index (χ1v) is 7.06. The zero-order chi connectivity index (χ0) is 16.3. The van der Waals surface area contributed by atoms with Crippen LogP contribution in [0.1, 0.15) is 0 Å². The Morgan fingerprint density at radius 2 is 2.05 bits per heavy atom. The van der Waals surface area contributed by atoms with E-state index in [9.17, 15) is 14.9 Å². The van der Waals surface area contributed by atoms with Crippen molar-refractivity contribution in [2.24, 2.45) is 0 Å². The summed E-state index contributed by atoms with van der Waals surface area (Å²) in [5, 5.41) is 11.0. The van der Waals surface area contributed by atoms with Crippen molar-refractivity contribution in [1.29, 1.82) is 0 Å². The number of ether oxygens (including phenoxy) is 1. The van der Waals surface area contributed by atoms with Gasteiger partial charge in [0.1, 0.15) is 5.75 Å². The van der Waals surface area contributed by atoms with Gasteiger partial charge in [0.25, 0.3) is 5.69 Å². The summed E-state index contributed by atoms with van der Waals surface area (Å²) in [6.07, 6.45) is 0.710. The van der Waals surface area contributed by atoms with E-state index >= 15 is 0 Å². The summed E-state index contributed by atoms with van der Waals surface area (Å²) in [6.45, 7) is 0. The molecule has 1 aromatic heterocycles. The molecule has 0 N–H and O–H groups in total. The molecule has 7 nitrogen and oxygen atoms in total. The van der Waals surface area contributed by atoms with Crippen LogP contribution in [0.4, 0.5) is 16.3 Å². The highest BCUT2D eigenvalue weighted by molar-refractivity contribution is 9.10. The van der Waals surface area contributed by atoms with Crippen molar-refractivity contribution in [2.45, 2.75) is 0 Å². The molecule has 0 radical (unpaired) electrons. The molecule has 1 heterocycles. The molecule has 114 valence electrons. The van der Waals surface area contributed by atoms with E-state index in [-0.39, 0.29) is 11.4 Å². The fourth-order valence-electron chi connectivity index (χ4n) is 1.55. The molecule has 0 bridgehead atoms. The second-order valence-corrected chi connectivity index (χ2v) is 5.43. The fourth-order valence-corrected chi connectivity index (χ4v) is 2.45. The van der Waals surface area contributed by atoms with Gasteiger partial charge in [-0.2, -0.15) is 0 Å². The number of nitrogens with zero attached hydrogens (tertiary/aromatic N) is 3. The Morgan fingerprint density at radius 1 is 1.41 bits per heavy atom. The Morgan fingerprint density at radius 3 is 2.59 bits per heavy atom. The number of pyridine rings is 1. The summed E-state index contributed by atoms with van der Waals surface area (Å²) < 4.78 is 5.65. The summed E-state index contributed by atoms with van der Waals surface area (Å²) >= 11 is 9.04. The van der Waals surface area contributed by atoms with Crippen LogP contribution in [0.3, 0.4) is 0 Å². The molecule has 0 aliphatic carbocycles. The van der Waals surface area contributed by atoms with Crippen LogP contribution in [0.2, 0.25) is 5.02 Å². The zero-order valence-electron chi connectivity index (χ0n) is 11.2. The van der Waals surface area contributed by atoms with E-state index in [0.29, 0.717) is 15.3 Å². The van der Waals surface area contributed by atoms with Crippen LogP contribution in [-0.4, -0.2) is 23.0 Å². The minimum absolute atomic E-state index is 0.0877. The monoisotopic (exact) mass is 385 g/mol. The molecule has 1 amide bonds. The van der Waals surface area contributed by atoms with Crippen molar-refractivity contribution in [3.8, 4) is 5.75 Å². The first-order valence-electron chi connectivity index (χ1n) is 5.89. The number of hydrogen-bond acceptors (Lipinski definition) is 5. The fraction of sp³-hybridized carbons (Fsp3) is 0.0769. The van der Waals surface area contributed by atoms with Crippen LogP contribution in [-0.2, 0) is 0 Å². The number of nitro benzene ring substituents is 1. The van der Waals surface area contributed by atoms with E-state index in [1.807, 2.05) is 0 Å². The minimum atomic E-state index is -0.690. The molecule has 0 atom stereocenters. The standard InChI is InChI=1S/C13H9BrClN3O4/c1-17(12-11(14)6-8(15)7-16-12)13(19)22-10-4-2-9(3-5-10)18(20)21/h2-7H,1H3. The Labute approximate surface area is 138 Å². The summed E-state index contributed by atoms with van der Waals surface area (Å²) in [5.74, 6) is 0.517. The predicted molar refractivity (Wildman–Crippen MR) is 84.5 cm³/mol. The largest absolute Gasteiger partial charge is 0.420 e. The summed E-state index contributed by atoms with van der Waals surface area (Å²) in [4.78, 5) is 27.3. The topological polar surface area (TPSA) is 85.6 Å². The molecule has 0 aliphatic rings. The number of amides is 1. The highest BCUT2D eigenvalue weighted by Crippen LogP contribution is 2.26. The molecule has 9 heteroatoms.